The van der Waals surface area contributed by atoms with Gasteiger partial charge in [0, 0.05) is 66.6 Å². The third-order valence-corrected chi connectivity index (χ3v) is 7.36. The summed E-state index contributed by atoms with van der Waals surface area (Å²) < 4.78 is 36.1. The third-order valence-electron chi connectivity index (χ3n) is 6.97. The van der Waals surface area contributed by atoms with Gasteiger partial charge in [-0.3, -0.25) is 13.9 Å². The Morgan fingerprint density at radius 2 is 2.06 bits per heavy atom. The number of hydrogen-bond donors (Lipinski definition) is 1. The van der Waals surface area contributed by atoms with Crippen LogP contribution in [0.3, 0.4) is 0 Å². The summed E-state index contributed by atoms with van der Waals surface area (Å²) >= 11 is 6.27. The van der Waals surface area contributed by atoms with E-state index in [1.54, 1.807) is 25.5 Å². The zero-order chi connectivity index (χ0) is 25.4. The third kappa shape index (κ3) is 4.32. The standard InChI is InChI=1S/C26H26ClF2N5O2/c1-15(35)33-7-5-18(6-8-33)34-14-17(12-32-34)16-9-19-21(13-31-26(19)30-11-16)20(10-28)24-23(36-2)4-3-22(29)25(24)27/h3-4,9,11-14,18,20H,5-8,10H2,1-2H3,(H,30,31)/t20-/m0/s1. The molecule has 1 saturated heterocycles. The Hall–Kier alpha value is -3.46. The molecule has 4 heterocycles. The average molecular weight is 514 g/mol. The van der Waals surface area contributed by atoms with Crippen LogP contribution in [0.15, 0.2) is 43.0 Å². The summed E-state index contributed by atoms with van der Waals surface area (Å²) in [6, 6.07) is 4.80. The molecule has 1 aliphatic heterocycles. The summed E-state index contributed by atoms with van der Waals surface area (Å²) in [4.78, 5) is 21.1. The first-order valence-corrected chi connectivity index (χ1v) is 12.1. The second-order valence-corrected chi connectivity index (χ2v) is 9.37. The van der Waals surface area contributed by atoms with E-state index in [4.69, 9.17) is 16.3 Å². The molecule has 1 amide bonds. The van der Waals surface area contributed by atoms with Crippen molar-refractivity contribution in [3.63, 3.8) is 0 Å². The molecule has 36 heavy (non-hydrogen) atoms. The lowest BCUT2D eigenvalue weighted by Crippen LogP contribution is -2.37. The molecular weight excluding hydrogens is 488 g/mol. The number of nitrogens with one attached hydrogen (secondary N) is 1. The van der Waals surface area contributed by atoms with E-state index >= 15 is 0 Å². The van der Waals surface area contributed by atoms with Crippen molar-refractivity contribution in [3.8, 4) is 16.9 Å². The van der Waals surface area contributed by atoms with Crippen molar-refractivity contribution in [3.05, 3.63) is 65.0 Å². The summed E-state index contributed by atoms with van der Waals surface area (Å²) in [5.41, 5.74) is 3.16. The van der Waals surface area contributed by atoms with Gasteiger partial charge >= 0.3 is 0 Å². The monoisotopic (exact) mass is 513 g/mol. The number of benzene rings is 1. The van der Waals surface area contributed by atoms with Gasteiger partial charge in [-0.15, -0.1) is 0 Å². The van der Waals surface area contributed by atoms with Gasteiger partial charge in [0.2, 0.25) is 5.91 Å². The molecule has 4 aromatic rings. The number of amides is 1. The van der Waals surface area contributed by atoms with Gasteiger partial charge < -0.3 is 14.6 Å². The largest absolute Gasteiger partial charge is 0.496 e. The van der Waals surface area contributed by atoms with Gasteiger partial charge in [0.25, 0.3) is 0 Å². The van der Waals surface area contributed by atoms with Crippen LogP contribution in [0.1, 0.15) is 42.9 Å². The van der Waals surface area contributed by atoms with Gasteiger partial charge in [-0.1, -0.05) is 11.6 Å². The number of aromatic nitrogens is 4. The maximum absolute atomic E-state index is 14.5. The number of hydrogen-bond acceptors (Lipinski definition) is 4. The van der Waals surface area contributed by atoms with Crippen LogP contribution in [-0.4, -0.2) is 57.4 Å². The fourth-order valence-electron chi connectivity index (χ4n) is 4.97. The van der Waals surface area contributed by atoms with Crippen molar-refractivity contribution >= 4 is 28.5 Å². The maximum atomic E-state index is 14.5. The molecule has 0 unspecified atom stereocenters. The summed E-state index contributed by atoms with van der Waals surface area (Å²) in [6.45, 7) is 2.22. The number of fused-ring (bicyclic) bond motifs is 1. The Kier molecular flexibility index (Phi) is 6.66. The van der Waals surface area contributed by atoms with Crippen LogP contribution in [-0.2, 0) is 4.79 Å². The zero-order valence-electron chi connectivity index (χ0n) is 20.0. The van der Waals surface area contributed by atoms with E-state index in [1.807, 2.05) is 21.8 Å². The molecule has 188 valence electrons. The van der Waals surface area contributed by atoms with Crippen molar-refractivity contribution in [1.82, 2.24) is 24.6 Å². The Morgan fingerprint density at radius 3 is 2.75 bits per heavy atom. The minimum Gasteiger partial charge on any atom is -0.496 e. The lowest BCUT2D eigenvalue weighted by atomic mass is 9.91. The fourth-order valence-corrected chi connectivity index (χ4v) is 5.26. The van der Waals surface area contributed by atoms with E-state index in [2.05, 4.69) is 15.1 Å². The molecular formula is C26H26ClF2N5O2. The summed E-state index contributed by atoms with van der Waals surface area (Å²) in [5, 5.41) is 5.11. The number of halogens is 3. The summed E-state index contributed by atoms with van der Waals surface area (Å²) in [5.74, 6) is -1.06. The van der Waals surface area contributed by atoms with Gasteiger partial charge in [-0.2, -0.15) is 5.10 Å². The van der Waals surface area contributed by atoms with E-state index in [9.17, 15) is 13.6 Å². The van der Waals surface area contributed by atoms with Crippen molar-refractivity contribution in [1.29, 1.82) is 0 Å². The quantitative estimate of drug-likeness (QED) is 0.369. The number of pyridine rings is 1. The highest BCUT2D eigenvalue weighted by Gasteiger charge is 2.27. The lowest BCUT2D eigenvalue weighted by Gasteiger charge is -2.31. The van der Waals surface area contributed by atoms with Gasteiger partial charge in [-0.05, 0) is 36.6 Å². The van der Waals surface area contributed by atoms with E-state index in [0.29, 0.717) is 35.4 Å². The molecule has 1 fully saturated rings. The Bertz CT molecular complexity index is 1410. The molecule has 0 spiro atoms. The number of ether oxygens (including phenoxy) is 1. The molecule has 5 rings (SSSR count). The second kappa shape index (κ2) is 9.89. The van der Waals surface area contributed by atoms with Crippen LogP contribution in [0.25, 0.3) is 22.2 Å². The first-order chi connectivity index (χ1) is 17.4. The number of carbonyl (C=O) groups excluding carboxylic acids is 1. The molecule has 1 aliphatic rings. The number of methoxy groups -OCH3 is 1. The molecule has 10 heteroatoms. The highest BCUT2D eigenvalue weighted by atomic mass is 35.5. The van der Waals surface area contributed by atoms with E-state index < -0.39 is 18.4 Å². The van der Waals surface area contributed by atoms with Crippen LogP contribution < -0.4 is 4.74 Å². The minimum atomic E-state index is -0.844. The van der Waals surface area contributed by atoms with Gasteiger partial charge in [-0.25, -0.2) is 9.37 Å². The van der Waals surface area contributed by atoms with Crippen LogP contribution >= 0.6 is 11.6 Å². The number of carbonyl (C=O) groups is 1. The Balaban J connectivity index is 1.48. The van der Waals surface area contributed by atoms with Gasteiger partial charge in [0.1, 0.15) is 23.9 Å². The molecule has 1 aromatic carbocycles. The first kappa shape index (κ1) is 24.2. The second-order valence-electron chi connectivity index (χ2n) is 8.99. The molecule has 0 saturated carbocycles. The molecule has 7 nitrogen and oxygen atoms in total. The van der Waals surface area contributed by atoms with Gasteiger partial charge in [0.05, 0.1) is 24.4 Å². The van der Waals surface area contributed by atoms with Crippen molar-refractivity contribution < 1.29 is 18.3 Å². The fraction of sp³-hybridized carbons (Fsp3) is 0.346. The number of likely N-dealkylation sites (tertiary alicyclic amines) is 1. The Morgan fingerprint density at radius 1 is 1.28 bits per heavy atom. The topological polar surface area (TPSA) is 76.0 Å². The Labute approximate surface area is 212 Å². The number of aromatic amines is 1. The predicted octanol–water partition coefficient (Wildman–Crippen LogP) is 5.51. The van der Waals surface area contributed by atoms with Crippen molar-refractivity contribution in [2.75, 3.05) is 26.9 Å². The first-order valence-electron chi connectivity index (χ1n) is 11.8. The van der Waals surface area contributed by atoms with Crippen molar-refractivity contribution in [2.45, 2.75) is 31.7 Å². The van der Waals surface area contributed by atoms with E-state index in [0.717, 1.165) is 24.0 Å². The minimum absolute atomic E-state index is 0.0972. The van der Waals surface area contributed by atoms with Crippen molar-refractivity contribution in [2.24, 2.45) is 0 Å². The molecule has 1 atom stereocenters. The number of alkyl halides is 1. The summed E-state index contributed by atoms with van der Waals surface area (Å²) in [6.07, 6.45) is 8.86. The van der Waals surface area contributed by atoms with Crippen LogP contribution in [0.4, 0.5) is 8.78 Å². The number of H-pyrrole nitrogens is 1. The van der Waals surface area contributed by atoms with E-state index in [1.165, 1.54) is 19.2 Å². The molecule has 0 radical (unpaired) electrons. The SMILES string of the molecule is COc1ccc(F)c(Cl)c1[C@@H](CF)c1c[nH]c2ncc(-c3cnn(C4CCN(C(C)=O)CC4)c3)cc12. The smallest absolute Gasteiger partial charge is 0.219 e. The molecule has 0 bridgehead atoms. The lowest BCUT2D eigenvalue weighted by molar-refractivity contribution is -0.130. The zero-order valence-corrected chi connectivity index (χ0v) is 20.7. The van der Waals surface area contributed by atoms with E-state index in [-0.39, 0.29) is 22.5 Å². The highest BCUT2D eigenvalue weighted by Crippen LogP contribution is 2.41. The number of piperidine rings is 1. The highest BCUT2D eigenvalue weighted by molar-refractivity contribution is 6.31. The molecule has 0 aliphatic carbocycles. The predicted molar refractivity (Wildman–Crippen MR) is 134 cm³/mol. The van der Waals surface area contributed by atoms with Crippen LogP contribution in [0.5, 0.6) is 5.75 Å². The number of rotatable bonds is 6. The summed E-state index contributed by atoms with van der Waals surface area (Å²) in [7, 11) is 1.44. The normalized spacial score (nSPS) is 15.4. The molecule has 3 aromatic heterocycles. The number of nitrogens with zero attached hydrogens (tertiary/aromatic N) is 4. The maximum Gasteiger partial charge on any atom is 0.219 e. The van der Waals surface area contributed by atoms with Gasteiger partial charge in [0.15, 0.2) is 0 Å². The molecule has 1 N–H and O–H groups in total. The van der Waals surface area contributed by atoms with Crippen LogP contribution in [0.2, 0.25) is 5.02 Å². The average Bonchev–Trinajstić information content (AvgIpc) is 3.55. The van der Waals surface area contributed by atoms with Crippen LogP contribution in [0, 0.1) is 5.82 Å².